The molecule has 0 aliphatic carbocycles. The monoisotopic (exact) mass is 394 g/mol. The highest BCUT2D eigenvalue weighted by atomic mass is 19.1. The zero-order valence-electron chi connectivity index (χ0n) is 16.5. The molecule has 3 amide bonds. The maximum atomic E-state index is 15.4. The summed E-state index contributed by atoms with van der Waals surface area (Å²) in [5.41, 5.74) is 1.37. The minimum Gasteiger partial charge on any atom is -0.341 e. The Morgan fingerprint density at radius 3 is 2.38 bits per heavy atom. The number of hydrogen-bond acceptors (Lipinski definition) is 3. The Labute approximate surface area is 169 Å². The minimum absolute atomic E-state index is 0.188. The van der Waals surface area contributed by atoms with Crippen molar-refractivity contribution in [3.05, 3.63) is 64.7 Å². The molecular weight excluding hydrogens is 371 g/mol. The van der Waals surface area contributed by atoms with E-state index in [-0.39, 0.29) is 24.8 Å². The van der Waals surface area contributed by atoms with Crippen LogP contribution in [0.3, 0.4) is 0 Å². The summed E-state index contributed by atoms with van der Waals surface area (Å²) >= 11 is 0. The number of halogens is 1. The van der Waals surface area contributed by atoms with E-state index in [1.54, 1.807) is 47.4 Å². The number of aryl methyl sites for hydroxylation is 1. The summed E-state index contributed by atoms with van der Waals surface area (Å²) in [6, 6.07) is 13.3. The number of nitrogens with zero attached hydrogens (tertiary/aromatic N) is 2. The predicted molar refractivity (Wildman–Crippen MR) is 108 cm³/mol. The lowest BCUT2D eigenvalue weighted by molar-refractivity contribution is 0.0421. The van der Waals surface area contributed by atoms with Gasteiger partial charge in [-0.25, -0.2) is 9.18 Å². The van der Waals surface area contributed by atoms with Gasteiger partial charge in [0.2, 0.25) is 0 Å². The summed E-state index contributed by atoms with van der Waals surface area (Å²) in [6.45, 7) is 2.43. The standard InChI is InChI=1S/C22H23FN4O2/c1-15-3-6-17(13-19(15)26-21(29)25-2)20(28)27-11-9-22(23,10-12-27)18-7-4-16(14-24)5-8-18/h3-8,13H,9-12H2,1-2H3,(H2,25,26,29). The zero-order chi connectivity index (χ0) is 21.0. The van der Waals surface area contributed by atoms with E-state index >= 15 is 4.39 Å². The summed E-state index contributed by atoms with van der Waals surface area (Å²) in [5.74, 6) is -0.188. The summed E-state index contributed by atoms with van der Waals surface area (Å²) in [5, 5.41) is 14.1. The molecule has 1 heterocycles. The highest BCUT2D eigenvalue weighted by Crippen LogP contribution is 2.37. The van der Waals surface area contributed by atoms with Gasteiger partial charge in [0.25, 0.3) is 5.91 Å². The summed E-state index contributed by atoms with van der Waals surface area (Å²) in [4.78, 5) is 26.1. The Kier molecular flexibility index (Phi) is 5.83. The molecule has 29 heavy (non-hydrogen) atoms. The molecule has 0 unspecified atom stereocenters. The number of benzene rings is 2. The van der Waals surface area contributed by atoms with E-state index in [9.17, 15) is 9.59 Å². The number of amides is 3. The third kappa shape index (κ3) is 4.37. The molecule has 7 heteroatoms. The fraction of sp³-hybridized carbons (Fsp3) is 0.318. The van der Waals surface area contributed by atoms with Crippen molar-refractivity contribution in [1.82, 2.24) is 10.2 Å². The first-order chi connectivity index (χ1) is 13.9. The Hall–Kier alpha value is -3.40. The molecule has 1 aliphatic rings. The first-order valence-corrected chi connectivity index (χ1v) is 9.44. The van der Waals surface area contributed by atoms with Crippen LogP contribution in [0.15, 0.2) is 42.5 Å². The lowest BCUT2D eigenvalue weighted by Gasteiger charge is -2.37. The number of hydrogen-bond donors (Lipinski definition) is 2. The van der Waals surface area contributed by atoms with E-state index in [1.807, 2.05) is 13.0 Å². The molecule has 0 bridgehead atoms. The van der Waals surface area contributed by atoms with Crippen LogP contribution in [-0.2, 0) is 5.67 Å². The number of alkyl halides is 1. The molecule has 1 aliphatic heterocycles. The zero-order valence-corrected chi connectivity index (χ0v) is 16.5. The molecule has 0 aromatic heterocycles. The number of rotatable bonds is 3. The second kappa shape index (κ2) is 8.31. The van der Waals surface area contributed by atoms with Gasteiger partial charge in [-0.3, -0.25) is 4.79 Å². The number of carbonyl (C=O) groups is 2. The lowest BCUT2D eigenvalue weighted by atomic mass is 9.85. The van der Waals surface area contributed by atoms with Gasteiger partial charge < -0.3 is 15.5 Å². The van der Waals surface area contributed by atoms with Gasteiger partial charge >= 0.3 is 6.03 Å². The van der Waals surface area contributed by atoms with Crippen molar-refractivity contribution in [1.29, 1.82) is 5.26 Å². The van der Waals surface area contributed by atoms with Crippen molar-refractivity contribution < 1.29 is 14.0 Å². The fourth-order valence-corrected chi connectivity index (χ4v) is 3.45. The van der Waals surface area contributed by atoms with Crippen LogP contribution < -0.4 is 10.6 Å². The second-order valence-corrected chi connectivity index (χ2v) is 7.18. The van der Waals surface area contributed by atoms with E-state index in [0.29, 0.717) is 35.5 Å². The Balaban J connectivity index is 1.70. The Morgan fingerprint density at radius 1 is 1.14 bits per heavy atom. The van der Waals surface area contributed by atoms with E-state index < -0.39 is 5.67 Å². The van der Waals surface area contributed by atoms with Gasteiger partial charge in [-0.2, -0.15) is 5.26 Å². The van der Waals surface area contributed by atoms with Gasteiger partial charge in [-0.15, -0.1) is 0 Å². The number of likely N-dealkylation sites (tertiary alicyclic amines) is 1. The Morgan fingerprint density at radius 2 is 1.79 bits per heavy atom. The molecule has 2 N–H and O–H groups in total. The average molecular weight is 394 g/mol. The van der Waals surface area contributed by atoms with E-state index in [0.717, 1.165) is 5.56 Å². The van der Waals surface area contributed by atoms with Crippen molar-refractivity contribution in [2.24, 2.45) is 0 Å². The van der Waals surface area contributed by atoms with Crippen molar-refractivity contribution in [2.45, 2.75) is 25.4 Å². The number of piperidine rings is 1. The van der Waals surface area contributed by atoms with Crippen molar-refractivity contribution >= 4 is 17.6 Å². The molecule has 0 saturated carbocycles. The third-order valence-electron chi connectivity index (χ3n) is 5.33. The highest BCUT2D eigenvalue weighted by Gasteiger charge is 2.37. The van der Waals surface area contributed by atoms with Gasteiger partial charge in [-0.05, 0) is 42.3 Å². The predicted octanol–water partition coefficient (Wildman–Crippen LogP) is 3.72. The van der Waals surface area contributed by atoms with Gasteiger partial charge in [0.15, 0.2) is 0 Å². The smallest absolute Gasteiger partial charge is 0.318 e. The molecular formula is C22H23FN4O2. The van der Waals surface area contributed by atoms with Gasteiger partial charge in [-0.1, -0.05) is 18.2 Å². The van der Waals surface area contributed by atoms with Crippen LogP contribution in [0.2, 0.25) is 0 Å². The van der Waals surface area contributed by atoms with Crippen LogP contribution >= 0.6 is 0 Å². The largest absolute Gasteiger partial charge is 0.341 e. The first kappa shape index (κ1) is 20.3. The molecule has 1 fully saturated rings. The van der Waals surface area contributed by atoms with Crippen LogP contribution in [0.25, 0.3) is 0 Å². The summed E-state index contributed by atoms with van der Waals surface area (Å²) < 4.78 is 15.4. The maximum absolute atomic E-state index is 15.4. The van der Waals surface area contributed by atoms with Crippen LogP contribution in [0.4, 0.5) is 14.9 Å². The molecule has 150 valence electrons. The molecule has 2 aromatic carbocycles. The number of anilines is 1. The van der Waals surface area contributed by atoms with Crippen molar-refractivity contribution in [2.75, 3.05) is 25.5 Å². The van der Waals surface area contributed by atoms with Crippen LogP contribution in [0.1, 0.15) is 39.9 Å². The average Bonchev–Trinajstić information content (AvgIpc) is 2.75. The quantitative estimate of drug-likeness (QED) is 0.832. The van der Waals surface area contributed by atoms with E-state index in [4.69, 9.17) is 5.26 Å². The number of nitriles is 1. The lowest BCUT2D eigenvalue weighted by Crippen LogP contribution is -2.43. The topological polar surface area (TPSA) is 85.2 Å². The maximum Gasteiger partial charge on any atom is 0.318 e. The van der Waals surface area contributed by atoms with Gasteiger partial charge in [0, 0.05) is 44.2 Å². The van der Waals surface area contributed by atoms with Crippen LogP contribution in [0.5, 0.6) is 0 Å². The van der Waals surface area contributed by atoms with Gasteiger partial charge in [0.1, 0.15) is 5.67 Å². The number of nitrogens with one attached hydrogen (secondary N) is 2. The van der Waals surface area contributed by atoms with Crippen LogP contribution in [0, 0.1) is 18.3 Å². The van der Waals surface area contributed by atoms with Crippen LogP contribution in [-0.4, -0.2) is 37.0 Å². The molecule has 1 saturated heterocycles. The van der Waals surface area contributed by atoms with Gasteiger partial charge in [0.05, 0.1) is 11.6 Å². The first-order valence-electron chi connectivity index (χ1n) is 9.44. The SMILES string of the molecule is CNC(=O)Nc1cc(C(=O)N2CCC(F)(c3ccc(C#N)cc3)CC2)ccc1C. The summed E-state index contributed by atoms with van der Waals surface area (Å²) in [6.07, 6.45) is 0.389. The normalized spacial score (nSPS) is 15.3. The van der Waals surface area contributed by atoms with E-state index in [2.05, 4.69) is 10.6 Å². The van der Waals surface area contributed by atoms with E-state index in [1.165, 1.54) is 7.05 Å². The summed E-state index contributed by atoms with van der Waals surface area (Å²) in [7, 11) is 1.52. The molecule has 3 rings (SSSR count). The molecule has 0 radical (unpaired) electrons. The number of urea groups is 1. The molecule has 2 aromatic rings. The highest BCUT2D eigenvalue weighted by molar-refractivity contribution is 5.97. The number of carbonyl (C=O) groups excluding carboxylic acids is 2. The van der Waals surface area contributed by atoms with Crippen molar-refractivity contribution in [3.63, 3.8) is 0 Å². The molecule has 0 atom stereocenters. The van der Waals surface area contributed by atoms with Crippen molar-refractivity contribution in [3.8, 4) is 6.07 Å². The minimum atomic E-state index is -1.51. The molecule has 0 spiro atoms. The third-order valence-corrected chi connectivity index (χ3v) is 5.33. The Bertz CT molecular complexity index is 958. The second-order valence-electron chi connectivity index (χ2n) is 7.18. The fourth-order valence-electron chi connectivity index (χ4n) is 3.45. The molecule has 6 nitrogen and oxygen atoms in total.